The maximum atomic E-state index is 6.08. The molecule has 0 radical (unpaired) electrons. The number of likely N-dealkylation sites (tertiary alicyclic amines) is 1. The van der Waals surface area contributed by atoms with Gasteiger partial charge in [-0.15, -0.1) is 0 Å². The third kappa shape index (κ3) is 3.00. The Bertz CT molecular complexity index is 332. The Hall–Kier alpha value is -0.510. The number of piperidine rings is 1. The largest absolute Gasteiger partial charge is 0.448 e. The Morgan fingerprint density at radius 1 is 1.38 bits per heavy atom. The molecule has 16 heavy (non-hydrogen) atoms. The van der Waals surface area contributed by atoms with Gasteiger partial charge in [-0.25, -0.2) is 0 Å². The number of furan rings is 1. The smallest absolute Gasteiger partial charge is 0.197 e. The van der Waals surface area contributed by atoms with E-state index in [1.54, 1.807) is 0 Å². The maximum absolute atomic E-state index is 6.08. The van der Waals surface area contributed by atoms with E-state index in [0.29, 0.717) is 5.22 Å². The van der Waals surface area contributed by atoms with Gasteiger partial charge in [-0.3, -0.25) is 4.90 Å². The lowest BCUT2D eigenvalue weighted by Gasteiger charge is -2.25. The molecule has 1 aromatic heterocycles. The minimum Gasteiger partial charge on any atom is -0.448 e. The standard InChI is InChI=1S/C12H19ClN2O/c1-14-8-11-7-10(12(13)16-11)9-15-5-3-2-4-6-15/h7,14H,2-6,8-9H2,1H3. The summed E-state index contributed by atoms with van der Waals surface area (Å²) in [5, 5.41) is 3.61. The zero-order valence-corrected chi connectivity index (χ0v) is 10.5. The quantitative estimate of drug-likeness (QED) is 0.880. The van der Waals surface area contributed by atoms with E-state index in [4.69, 9.17) is 16.0 Å². The first-order valence-corrected chi connectivity index (χ1v) is 6.31. The average Bonchev–Trinajstić information content (AvgIpc) is 2.61. The first-order valence-electron chi connectivity index (χ1n) is 5.93. The predicted molar refractivity (Wildman–Crippen MR) is 65.6 cm³/mol. The predicted octanol–water partition coefficient (Wildman–Crippen LogP) is 2.64. The van der Waals surface area contributed by atoms with Crippen molar-refractivity contribution in [3.63, 3.8) is 0 Å². The third-order valence-corrected chi connectivity index (χ3v) is 3.32. The number of hydrogen-bond acceptors (Lipinski definition) is 3. The van der Waals surface area contributed by atoms with Crippen molar-refractivity contribution in [3.8, 4) is 0 Å². The van der Waals surface area contributed by atoms with E-state index in [-0.39, 0.29) is 0 Å². The molecule has 2 heterocycles. The summed E-state index contributed by atoms with van der Waals surface area (Å²) in [6, 6.07) is 2.06. The van der Waals surface area contributed by atoms with Crippen molar-refractivity contribution in [1.29, 1.82) is 0 Å². The summed E-state index contributed by atoms with van der Waals surface area (Å²) in [4.78, 5) is 2.45. The minimum absolute atomic E-state index is 0.552. The van der Waals surface area contributed by atoms with Crippen LogP contribution < -0.4 is 5.32 Å². The van der Waals surface area contributed by atoms with Crippen molar-refractivity contribution in [2.75, 3.05) is 20.1 Å². The molecule has 1 aliphatic heterocycles. The Morgan fingerprint density at radius 3 is 2.81 bits per heavy atom. The van der Waals surface area contributed by atoms with Gasteiger partial charge in [-0.05, 0) is 50.6 Å². The fraction of sp³-hybridized carbons (Fsp3) is 0.667. The van der Waals surface area contributed by atoms with E-state index >= 15 is 0 Å². The van der Waals surface area contributed by atoms with E-state index in [2.05, 4.69) is 16.3 Å². The lowest BCUT2D eigenvalue weighted by atomic mass is 10.1. The molecular formula is C12H19ClN2O. The van der Waals surface area contributed by atoms with Crippen molar-refractivity contribution in [1.82, 2.24) is 10.2 Å². The van der Waals surface area contributed by atoms with E-state index in [1.165, 1.54) is 32.4 Å². The molecule has 0 atom stereocenters. The normalized spacial score (nSPS) is 17.9. The molecule has 0 saturated carbocycles. The summed E-state index contributed by atoms with van der Waals surface area (Å²) in [7, 11) is 1.90. The molecule has 0 amide bonds. The second-order valence-corrected chi connectivity index (χ2v) is 4.72. The molecule has 1 fully saturated rings. The van der Waals surface area contributed by atoms with E-state index in [9.17, 15) is 0 Å². The molecule has 0 unspecified atom stereocenters. The summed E-state index contributed by atoms with van der Waals surface area (Å²) >= 11 is 6.08. The molecule has 1 aliphatic rings. The van der Waals surface area contributed by atoms with Crippen molar-refractivity contribution in [2.45, 2.75) is 32.4 Å². The highest BCUT2D eigenvalue weighted by atomic mass is 35.5. The SMILES string of the molecule is CNCc1cc(CN2CCCCC2)c(Cl)o1. The first kappa shape index (κ1) is 12.0. The fourth-order valence-electron chi connectivity index (χ4n) is 2.19. The number of nitrogens with zero attached hydrogens (tertiary/aromatic N) is 1. The van der Waals surface area contributed by atoms with Gasteiger partial charge in [0, 0.05) is 12.1 Å². The van der Waals surface area contributed by atoms with Crippen LogP contribution in [0.15, 0.2) is 10.5 Å². The van der Waals surface area contributed by atoms with Gasteiger partial charge in [0.15, 0.2) is 5.22 Å². The summed E-state index contributed by atoms with van der Waals surface area (Å²) in [6.45, 7) is 4.03. The van der Waals surface area contributed by atoms with Crippen LogP contribution >= 0.6 is 11.6 Å². The molecule has 1 saturated heterocycles. The maximum Gasteiger partial charge on any atom is 0.197 e. The molecule has 0 aliphatic carbocycles. The molecule has 0 bridgehead atoms. The lowest BCUT2D eigenvalue weighted by Crippen LogP contribution is -2.28. The van der Waals surface area contributed by atoms with Crippen molar-refractivity contribution in [2.24, 2.45) is 0 Å². The molecule has 0 aromatic carbocycles. The molecular weight excluding hydrogens is 224 g/mol. The minimum atomic E-state index is 0.552. The Kier molecular flexibility index (Phi) is 4.27. The molecule has 90 valence electrons. The summed E-state index contributed by atoms with van der Waals surface area (Å²) in [6.07, 6.45) is 3.97. The number of rotatable bonds is 4. The molecule has 4 heteroatoms. The Balaban J connectivity index is 1.96. The van der Waals surface area contributed by atoms with Gasteiger partial charge in [-0.2, -0.15) is 0 Å². The summed E-state index contributed by atoms with van der Waals surface area (Å²) < 4.78 is 5.47. The number of nitrogens with one attached hydrogen (secondary N) is 1. The summed E-state index contributed by atoms with van der Waals surface area (Å²) in [5.74, 6) is 0.916. The van der Waals surface area contributed by atoms with Gasteiger partial charge in [0.1, 0.15) is 5.76 Å². The van der Waals surface area contributed by atoms with Crippen LogP contribution in [0.3, 0.4) is 0 Å². The van der Waals surface area contributed by atoms with Gasteiger partial charge >= 0.3 is 0 Å². The highest BCUT2D eigenvalue weighted by Crippen LogP contribution is 2.23. The van der Waals surface area contributed by atoms with Crippen LogP contribution in [0.1, 0.15) is 30.6 Å². The first-order chi connectivity index (χ1) is 7.79. The second kappa shape index (κ2) is 5.71. The third-order valence-electron chi connectivity index (χ3n) is 3.00. The molecule has 1 N–H and O–H groups in total. The lowest BCUT2D eigenvalue weighted by molar-refractivity contribution is 0.220. The van der Waals surface area contributed by atoms with E-state index in [1.807, 2.05) is 7.05 Å². The van der Waals surface area contributed by atoms with Crippen molar-refractivity contribution < 1.29 is 4.42 Å². The summed E-state index contributed by atoms with van der Waals surface area (Å²) in [5.41, 5.74) is 1.12. The van der Waals surface area contributed by atoms with Crippen LogP contribution in [-0.4, -0.2) is 25.0 Å². The average molecular weight is 243 g/mol. The van der Waals surface area contributed by atoms with Crippen molar-refractivity contribution >= 4 is 11.6 Å². The van der Waals surface area contributed by atoms with Gasteiger partial charge in [0.2, 0.25) is 0 Å². The molecule has 3 nitrogen and oxygen atoms in total. The van der Waals surface area contributed by atoms with Crippen LogP contribution in [0, 0.1) is 0 Å². The Morgan fingerprint density at radius 2 is 2.12 bits per heavy atom. The van der Waals surface area contributed by atoms with E-state index in [0.717, 1.165) is 24.4 Å². The number of hydrogen-bond donors (Lipinski definition) is 1. The molecule has 0 spiro atoms. The molecule has 1 aromatic rings. The van der Waals surface area contributed by atoms with Gasteiger partial charge in [0.05, 0.1) is 6.54 Å². The van der Waals surface area contributed by atoms with Crippen LogP contribution in [0.25, 0.3) is 0 Å². The number of halogens is 1. The van der Waals surface area contributed by atoms with Gasteiger partial charge in [-0.1, -0.05) is 6.42 Å². The monoisotopic (exact) mass is 242 g/mol. The topological polar surface area (TPSA) is 28.4 Å². The second-order valence-electron chi connectivity index (χ2n) is 4.38. The van der Waals surface area contributed by atoms with Crippen LogP contribution in [-0.2, 0) is 13.1 Å². The van der Waals surface area contributed by atoms with E-state index < -0.39 is 0 Å². The highest BCUT2D eigenvalue weighted by Gasteiger charge is 2.15. The van der Waals surface area contributed by atoms with Crippen LogP contribution in [0.2, 0.25) is 5.22 Å². The highest BCUT2D eigenvalue weighted by molar-refractivity contribution is 6.29. The Labute approximate surface area is 102 Å². The zero-order chi connectivity index (χ0) is 11.4. The fourth-order valence-corrected chi connectivity index (χ4v) is 2.40. The zero-order valence-electron chi connectivity index (χ0n) is 9.76. The van der Waals surface area contributed by atoms with Crippen LogP contribution in [0.4, 0.5) is 0 Å². The van der Waals surface area contributed by atoms with Gasteiger partial charge < -0.3 is 9.73 Å². The van der Waals surface area contributed by atoms with Crippen molar-refractivity contribution in [3.05, 3.63) is 22.6 Å². The molecule has 2 rings (SSSR count). The van der Waals surface area contributed by atoms with Crippen LogP contribution in [0.5, 0.6) is 0 Å². The van der Waals surface area contributed by atoms with Gasteiger partial charge in [0.25, 0.3) is 0 Å².